The van der Waals surface area contributed by atoms with Gasteiger partial charge in [0.1, 0.15) is 11.4 Å². The van der Waals surface area contributed by atoms with Crippen molar-refractivity contribution in [3.05, 3.63) is 29.3 Å². The van der Waals surface area contributed by atoms with Crippen LogP contribution in [0.2, 0.25) is 5.02 Å². The van der Waals surface area contributed by atoms with Crippen LogP contribution in [0.3, 0.4) is 0 Å². The van der Waals surface area contributed by atoms with Crippen LogP contribution < -0.4 is 5.32 Å². The number of hydrogen-bond acceptors (Lipinski definition) is 7. The van der Waals surface area contributed by atoms with Gasteiger partial charge in [-0.3, -0.25) is 14.9 Å². The predicted octanol–water partition coefficient (Wildman–Crippen LogP) is 1.94. The number of halogens is 1. The fourth-order valence-corrected chi connectivity index (χ4v) is 6.57. The van der Waals surface area contributed by atoms with Crippen LogP contribution >= 0.6 is 23.4 Å². The van der Waals surface area contributed by atoms with Gasteiger partial charge in [0.15, 0.2) is 0 Å². The zero-order valence-electron chi connectivity index (χ0n) is 17.7. The Morgan fingerprint density at radius 2 is 2.00 bits per heavy atom. The number of esters is 1. The summed E-state index contributed by atoms with van der Waals surface area (Å²) in [6.07, 6.45) is 3.36. The van der Waals surface area contributed by atoms with Gasteiger partial charge in [-0.05, 0) is 50.3 Å². The van der Waals surface area contributed by atoms with Crippen LogP contribution in [0.25, 0.3) is 0 Å². The Labute approximate surface area is 192 Å². The van der Waals surface area contributed by atoms with Gasteiger partial charge in [-0.25, -0.2) is 8.42 Å². The molecule has 0 aromatic heterocycles. The first kappa shape index (κ1) is 24.3. The van der Waals surface area contributed by atoms with Gasteiger partial charge in [0.2, 0.25) is 15.9 Å². The van der Waals surface area contributed by atoms with E-state index in [1.807, 2.05) is 6.26 Å². The number of amides is 1. The smallest absolute Gasteiger partial charge is 0.325 e. The maximum Gasteiger partial charge on any atom is 0.325 e. The highest BCUT2D eigenvalue weighted by Crippen LogP contribution is 2.36. The maximum absolute atomic E-state index is 13.1. The first-order valence-electron chi connectivity index (χ1n) is 10.2. The Balaban J connectivity index is 1.79. The van der Waals surface area contributed by atoms with E-state index in [0.717, 1.165) is 5.75 Å². The number of piperidine rings is 1. The molecule has 2 heterocycles. The van der Waals surface area contributed by atoms with E-state index >= 15 is 0 Å². The van der Waals surface area contributed by atoms with E-state index in [1.54, 1.807) is 41.8 Å². The second-order valence-corrected chi connectivity index (χ2v) is 10.9. The van der Waals surface area contributed by atoms with Crippen LogP contribution in [0, 0.1) is 0 Å². The van der Waals surface area contributed by atoms with Gasteiger partial charge in [-0.15, -0.1) is 0 Å². The monoisotopic (exact) mass is 489 g/mol. The number of carbonyl (C=O) groups excluding carboxylic acids is 2. The number of sulfonamides is 1. The fraction of sp³-hybridized carbons (Fsp3) is 0.600. The van der Waals surface area contributed by atoms with Gasteiger partial charge in [0.25, 0.3) is 0 Å². The van der Waals surface area contributed by atoms with Crippen molar-refractivity contribution in [3.8, 4) is 0 Å². The van der Waals surface area contributed by atoms with Crippen LogP contribution in [0.5, 0.6) is 0 Å². The number of rotatable bonds is 8. The van der Waals surface area contributed by atoms with Gasteiger partial charge < -0.3 is 9.64 Å². The quantitative estimate of drug-likeness (QED) is 0.557. The van der Waals surface area contributed by atoms with Crippen LogP contribution in [0.4, 0.5) is 0 Å². The summed E-state index contributed by atoms with van der Waals surface area (Å²) in [5.74, 6) is 0.206. The molecule has 172 valence electrons. The van der Waals surface area contributed by atoms with E-state index in [0.29, 0.717) is 19.3 Å². The topological polar surface area (TPSA) is 96.0 Å². The fourth-order valence-electron chi connectivity index (χ4n) is 4.16. The molecule has 3 rings (SSSR count). The minimum Gasteiger partial charge on any atom is -0.465 e. The molecule has 2 aliphatic rings. The van der Waals surface area contributed by atoms with E-state index in [9.17, 15) is 18.0 Å². The number of nitrogens with one attached hydrogen (secondary N) is 1. The molecule has 0 aliphatic carbocycles. The molecule has 0 bridgehead atoms. The molecule has 1 N–H and O–H groups in total. The Morgan fingerprint density at radius 3 is 2.61 bits per heavy atom. The summed E-state index contributed by atoms with van der Waals surface area (Å²) in [5.41, 5.74) is -0.764. The van der Waals surface area contributed by atoms with Crippen molar-refractivity contribution in [2.45, 2.75) is 42.8 Å². The summed E-state index contributed by atoms with van der Waals surface area (Å²) < 4.78 is 32.6. The summed E-state index contributed by atoms with van der Waals surface area (Å²) in [6, 6.07) is 5.97. The molecule has 1 unspecified atom stereocenters. The standard InChI is InChI=1S/C20H28ClN3O5S2/c1-3-29-18(25)14-24-19(26)16(8-13-30-2)22-20(24)9-11-23(12-10-20)31(27,28)17-7-5-4-6-15(17)21/h4-7,16,22H,3,8-14H2,1-2H3. The predicted molar refractivity (Wildman–Crippen MR) is 120 cm³/mol. The van der Waals surface area contributed by atoms with Crippen molar-refractivity contribution in [2.75, 3.05) is 38.2 Å². The van der Waals surface area contributed by atoms with Crippen LogP contribution in [-0.2, 0) is 24.3 Å². The van der Waals surface area contributed by atoms with Crippen LogP contribution in [-0.4, -0.2) is 79.5 Å². The summed E-state index contributed by atoms with van der Waals surface area (Å²) >= 11 is 7.77. The van der Waals surface area contributed by atoms with E-state index in [1.165, 1.54) is 10.4 Å². The van der Waals surface area contributed by atoms with Crippen molar-refractivity contribution < 1.29 is 22.7 Å². The summed E-state index contributed by atoms with van der Waals surface area (Å²) in [4.78, 5) is 26.9. The lowest BCUT2D eigenvalue weighted by Gasteiger charge is -2.43. The van der Waals surface area contributed by atoms with Gasteiger partial charge in [0, 0.05) is 13.1 Å². The lowest BCUT2D eigenvalue weighted by Crippen LogP contribution is -2.60. The van der Waals surface area contributed by atoms with Crippen molar-refractivity contribution in [1.29, 1.82) is 0 Å². The second-order valence-electron chi connectivity index (χ2n) is 7.57. The minimum atomic E-state index is -3.75. The van der Waals surface area contributed by atoms with E-state index in [-0.39, 0.29) is 42.1 Å². The first-order valence-corrected chi connectivity index (χ1v) is 13.4. The van der Waals surface area contributed by atoms with Gasteiger partial charge >= 0.3 is 5.97 Å². The molecule has 11 heteroatoms. The molecule has 8 nitrogen and oxygen atoms in total. The van der Waals surface area contributed by atoms with Gasteiger partial charge in [0.05, 0.1) is 23.3 Å². The number of nitrogens with zero attached hydrogens (tertiary/aromatic N) is 2. The van der Waals surface area contributed by atoms with Crippen LogP contribution in [0.15, 0.2) is 29.2 Å². The lowest BCUT2D eigenvalue weighted by molar-refractivity contribution is -0.151. The van der Waals surface area contributed by atoms with Crippen molar-refractivity contribution in [3.63, 3.8) is 0 Å². The largest absolute Gasteiger partial charge is 0.465 e. The van der Waals surface area contributed by atoms with E-state index in [4.69, 9.17) is 16.3 Å². The highest BCUT2D eigenvalue weighted by molar-refractivity contribution is 7.98. The Bertz CT molecular complexity index is 919. The first-order chi connectivity index (χ1) is 14.7. The number of benzene rings is 1. The average Bonchev–Trinajstić information content (AvgIpc) is 2.98. The number of hydrogen-bond donors (Lipinski definition) is 1. The zero-order valence-corrected chi connectivity index (χ0v) is 20.1. The number of carbonyl (C=O) groups is 2. The molecule has 1 atom stereocenters. The molecule has 0 radical (unpaired) electrons. The summed E-state index contributed by atoms with van der Waals surface area (Å²) in [6.45, 7) is 2.23. The lowest BCUT2D eigenvalue weighted by atomic mass is 9.97. The highest BCUT2D eigenvalue weighted by atomic mass is 35.5. The third-order valence-corrected chi connectivity index (χ3v) is 8.77. The highest BCUT2D eigenvalue weighted by Gasteiger charge is 2.52. The van der Waals surface area contributed by atoms with Crippen molar-refractivity contribution >= 4 is 45.3 Å². The molecule has 31 heavy (non-hydrogen) atoms. The summed E-state index contributed by atoms with van der Waals surface area (Å²) in [5, 5.41) is 3.60. The summed E-state index contributed by atoms with van der Waals surface area (Å²) in [7, 11) is -3.75. The van der Waals surface area contributed by atoms with Gasteiger partial charge in [-0.2, -0.15) is 16.1 Å². The van der Waals surface area contributed by atoms with Gasteiger partial charge in [-0.1, -0.05) is 23.7 Å². The molecule has 0 saturated carbocycles. The van der Waals surface area contributed by atoms with Crippen LogP contribution in [0.1, 0.15) is 26.2 Å². The molecular weight excluding hydrogens is 462 g/mol. The van der Waals surface area contributed by atoms with Crippen molar-refractivity contribution in [2.24, 2.45) is 0 Å². The minimum absolute atomic E-state index is 0.0734. The molecule has 2 aliphatic heterocycles. The molecular formula is C20H28ClN3O5S2. The SMILES string of the molecule is CCOC(=O)CN1C(=O)C(CCSC)NC12CCN(S(=O)(=O)c1ccccc1Cl)CC2. The number of ether oxygens (including phenoxy) is 1. The molecule has 1 spiro atoms. The molecule has 1 aromatic carbocycles. The Morgan fingerprint density at radius 1 is 1.32 bits per heavy atom. The van der Waals surface area contributed by atoms with E-state index in [2.05, 4.69) is 5.32 Å². The average molecular weight is 490 g/mol. The second kappa shape index (κ2) is 10.1. The molecule has 1 aromatic rings. The number of thioether (sulfide) groups is 1. The third-order valence-electron chi connectivity index (χ3n) is 5.73. The molecule has 2 fully saturated rings. The maximum atomic E-state index is 13.1. The molecule has 2 saturated heterocycles. The van der Waals surface area contributed by atoms with Crippen molar-refractivity contribution in [1.82, 2.24) is 14.5 Å². The third kappa shape index (κ3) is 5.03. The molecule has 1 amide bonds. The van der Waals surface area contributed by atoms with E-state index < -0.39 is 27.7 Å². The Kier molecular flexibility index (Phi) is 7.90. The zero-order chi connectivity index (χ0) is 22.6. The Hall–Kier alpha value is -1.33. The normalized spacial score (nSPS) is 21.6.